The molecule has 1 fully saturated rings. The summed E-state index contributed by atoms with van der Waals surface area (Å²) in [5, 5.41) is 9.86. The standard InChI is InChI=1S/C12H16BrNO/c1-12(15)6-7-14(9-12)8-10-4-2-3-5-11(10)13/h2-5,15H,6-9H2,1H3. The quantitative estimate of drug-likeness (QED) is 0.892. The number of nitrogens with zero attached hydrogens (tertiary/aromatic N) is 1. The van der Waals surface area contributed by atoms with Gasteiger partial charge in [-0.1, -0.05) is 34.1 Å². The third-order valence-corrected chi connectivity index (χ3v) is 3.66. The van der Waals surface area contributed by atoms with Gasteiger partial charge in [-0.2, -0.15) is 0 Å². The third-order valence-electron chi connectivity index (χ3n) is 2.88. The Hall–Kier alpha value is -0.380. The predicted molar refractivity (Wildman–Crippen MR) is 64.7 cm³/mol. The molecule has 1 aliphatic heterocycles. The highest BCUT2D eigenvalue weighted by Gasteiger charge is 2.31. The average molecular weight is 270 g/mol. The first-order valence-electron chi connectivity index (χ1n) is 5.25. The molecule has 2 rings (SSSR count). The number of benzene rings is 1. The minimum absolute atomic E-state index is 0.499. The highest BCUT2D eigenvalue weighted by Crippen LogP contribution is 2.24. The van der Waals surface area contributed by atoms with E-state index in [1.807, 2.05) is 19.1 Å². The minimum atomic E-state index is -0.499. The largest absolute Gasteiger partial charge is 0.389 e. The molecule has 1 unspecified atom stereocenters. The number of hydrogen-bond donors (Lipinski definition) is 1. The van der Waals surface area contributed by atoms with Crippen LogP contribution in [0.5, 0.6) is 0 Å². The molecule has 0 aromatic heterocycles. The summed E-state index contributed by atoms with van der Waals surface area (Å²) < 4.78 is 1.15. The van der Waals surface area contributed by atoms with Gasteiger partial charge in [0.05, 0.1) is 5.60 Å². The van der Waals surface area contributed by atoms with Crippen molar-refractivity contribution in [3.8, 4) is 0 Å². The van der Waals surface area contributed by atoms with Crippen molar-refractivity contribution in [3.05, 3.63) is 34.3 Å². The van der Waals surface area contributed by atoms with Crippen molar-refractivity contribution in [2.45, 2.75) is 25.5 Å². The molecule has 0 radical (unpaired) electrons. The Kier molecular flexibility index (Phi) is 3.14. The van der Waals surface area contributed by atoms with Gasteiger partial charge in [0.1, 0.15) is 0 Å². The lowest BCUT2D eigenvalue weighted by Crippen LogP contribution is -2.29. The van der Waals surface area contributed by atoms with Gasteiger partial charge in [-0.3, -0.25) is 4.90 Å². The van der Waals surface area contributed by atoms with E-state index in [-0.39, 0.29) is 0 Å². The van der Waals surface area contributed by atoms with E-state index in [1.165, 1.54) is 5.56 Å². The lowest BCUT2D eigenvalue weighted by Gasteiger charge is -2.19. The zero-order valence-electron chi connectivity index (χ0n) is 8.91. The fraction of sp³-hybridized carbons (Fsp3) is 0.500. The highest BCUT2D eigenvalue weighted by atomic mass is 79.9. The molecule has 0 bridgehead atoms. The van der Waals surface area contributed by atoms with Gasteiger partial charge in [0.15, 0.2) is 0 Å². The third kappa shape index (κ3) is 2.80. The maximum Gasteiger partial charge on any atom is 0.0758 e. The van der Waals surface area contributed by atoms with Crippen LogP contribution in [0.1, 0.15) is 18.9 Å². The van der Waals surface area contributed by atoms with Gasteiger partial charge in [-0.25, -0.2) is 0 Å². The van der Waals surface area contributed by atoms with Crippen LogP contribution in [-0.4, -0.2) is 28.7 Å². The lowest BCUT2D eigenvalue weighted by atomic mass is 10.1. The minimum Gasteiger partial charge on any atom is -0.389 e. The molecule has 1 aromatic rings. The second-order valence-electron chi connectivity index (χ2n) is 4.55. The molecule has 1 atom stereocenters. The van der Waals surface area contributed by atoms with E-state index in [2.05, 4.69) is 33.0 Å². The second kappa shape index (κ2) is 4.24. The van der Waals surface area contributed by atoms with E-state index >= 15 is 0 Å². The van der Waals surface area contributed by atoms with E-state index in [9.17, 15) is 5.11 Å². The molecule has 1 saturated heterocycles. The van der Waals surface area contributed by atoms with Gasteiger partial charge in [0.25, 0.3) is 0 Å². The Balaban J connectivity index is 2.02. The van der Waals surface area contributed by atoms with E-state index in [4.69, 9.17) is 0 Å². The first-order chi connectivity index (χ1) is 7.07. The van der Waals surface area contributed by atoms with Crippen molar-refractivity contribution in [2.75, 3.05) is 13.1 Å². The molecule has 2 nitrogen and oxygen atoms in total. The number of halogens is 1. The summed E-state index contributed by atoms with van der Waals surface area (Å²) in [4.78, 5) is 2.29. The van der Waals surface area contributed by atoms with Crippen LogP contribution < -0.4 is 0 Å². The van der Waals surface area contributed by atoms with Crippen molar-refractivity contribution in [3.63, 3.8) is 0 Å². The fourth-order valence-corrected chi connectivity index (χ4v) is 2.45. The molecule has 0 amide bonds. The molecule has 1 aromatic carbocycles. The Morgan fingerprint density at radius 1 is 1.47 bits per heavy atom. The van der Waals surface area contributed by atoms with Crippen LogP contribution in [0.3, 0.4) is 0 Å². The van der Waals surface area contributed by atoms with Crippen LogP contribution in [-0.2, 0) is 6.54 Å². The summed E-state index contributed by atoms with van der Waals surface area (Å²) >= 11 is 3.54. The van der Waals surface area contributed by atoms with Crippen LogP contribution in [0, 0.1) is 0 Å². The van der Waals surface area contributed by atoms with Crippen LogP contribution in [0.4, 0.5) is 0 Å². The molecule has 1 heterocycles. The van der Waals surface area contributed by atoms with Gasteiger partial charge in [0.2, 0.25) is 0 Å². The predicted octanol–water partition coefficient (Wildman–Crippen LogP) is 2.41. The van der Waals surface area contributed by atoms with E-state index in [0.717, 1.165) is 30.5 Å². The van der Waals surface area contributed by atoms with Gasteiger partial charge < -0.3 is 5.11 Å². The van der Waals surface area contributed by atoms with E-state index in [1.54, 1.807) is 0 Å². The van der Waals surface area contributed by atoms with Gasteiger partial charge >= 0.3 is 0 Å². The Morgan fingerprint density at radius 3 is 2.80 bits per heavy atom. The summed E-state index contributed by atoms with van der Waals surface area (Å²) in [6.07, 6.45) is 0.872. The van der Waals surface area contributed by atoms with Crippen LogP contribution in [0.15, 0.2) is 28.7 Å². The van der Waals surface area contributed by atoms with E-state index in [0.29, 0.717) is 0 Å². The van der Waals surface area contributed by atoms with Crippen LogP contribution >= 0.6 is 15.9 Å². The number of rotatable bonds is 2. The number of β-amino-alcohol motifs (C(OH)–C–C–N with tert-alkyl or cyclic N) is 1. The summed E-state index contributed by atoms with van der Waals surface area (Å²) in [6.45, 7) is 4.58. The van der Waals surface area contributed by atoms with Crippen molar-refractivity contribution < 1.29 is 5.11 Å². The maximum atomic E-state index is 9.86. The van der Waals surface area contributed by atoms with Crippen molar-refractivity contribution in [1.29, 1.82) is 0 Å². The smallest absolute Gasteiger partial charge is 0.0758 e. The van der Waals surface area contributed by atoms with Crippen LogP contribution in [0.25, 0.3) is 0 Å². The van der Waals surface area contributed by atoms with Crippen LogP contribution in [0.2, 0.25) is 0 Å². The molecule has 15 heavy (non-hydrogen) atoms. The monoisotopic (exact) mass is 269 g/mol. The van der Waals surface area contributed by atoms with Gasteiger partial charge in [-0.05, 0) is 25.0 Å². The molecule has 1 aliphatic rings. The Bertz CT molecular complexity index is 351. The Labute approximate surface area is 99.0 Å². The first-order valence-corrected chi connectivity index (χ1v) is 6.04. The van der Waals surface area contributed by atoms with Gasteiger partial charge in [-0.15, -0.1) is 0 Å². The SMILES string of the molecule is CC1(O)CCN(Cc2ccccc2Br)C1. The zero-order chi connectivity index (χ0) is 10.9. The molecular weight excluding hydrogens is 254 g/mol. The number of aliphatic hydroxyl groups is 1. The fourth-order valence-electron chi connectivity index (χ4n) is 2.04. The summed E-state index contributed by atoms with van der Waals surface area (Å²) in [7, 11) is 0. The average Bonchev–Trinajstić information content (AvgIpc) is 2.50. The zero-order valence-corrected chi connectivity index (χ0v) is 10.5. The van der Waals surface area contributed by atoms with Crippen molar-refractivity contribution in [2.24, 2.45) is 0 Å². The summed E-state index contributed by atoms with van der Waals surface area (Å²) in [5.41, 5.74) is 0.788. The molecule has 0 saturated carbocycles. The topological polar surface area (TPSA) is 23.5 Å². The highest BCUT2D eigenvalue weighted by molar-refractivity contribution is 9.10. The molecule has 1 N–H and O–H groups in total. The maximum absolute atomic E-state index is 9.86. The van der Waals surface area contributed by atoms with Gasteiger partial charge in [0, 0.05) is 24.1 Å². The molecular formula is C12H16BrNO. The summed E-state index contributed by atoms with van der Waals surface area (Å²) in [5.74, 6) is 0. The molecule has 0 spiro atoms. The number of hydrogen-bond acceptors (Lipinski definition) is 2. The van der Waals surface area contributed by atoms with E-state index < -0.39 is 5.60 Å². The van der Waals surface area contributed by atoms with Crippen molar-refractivity contribution >= 4 is 15.9 Å². The first kappa shape index (κ1) is 11.1. The summed E-state index contributed by atoms with van der Waals surface area (Å²) in [6, 6.07) is 8.25. The molecule has 0 aliphatic carbocycles. The molecule has 3 heteroatoms. The Morgan fingerprint density at radius 2 is 2.20 bits per heavy atom. The molecule has 82 valence electrons. The lowest BCUT2D eigenvalue weighted by molar-refractivity contribution is 0.0679. The second-order valence-corrected chi connectivity index (χ2v) is 5.40. The van der Waals surface area contributed by atoms with Crippen molar-refractivity contribution in [1.82, 2.24) is 4.90 Å². The normalized spacial score (nSPS) is 27.1. The number of likely N-dealkylation sites (tertiary alicyclic amines) is 1.